The first-order valence-corrected chi connectivity index (χ1v) is 6.12. The molecule has 0 aliphatic carbocycles. The molecule has 1 aromatic rings. The summed E-state index contributed by atoms with van der Waals surface area (Å²) in [5.74, 6) is -0.950. The van der Waals surface area contributed by atoms with E-state index >= 15 is 0 Å². The Morgan fingerprint density at radius 1 is 1.33 bits per heavy atom. The molecule has 0 N–H and O–H groups in total. The highest BCUT2D eigenvalue weighted by Crippen LogP contribution is 2.36. The fraction of sp³-hybridized carbons (Fsp3) is 0.429. The monoisotopic (exact) mass is 248 g/mol. The molecule has 0 saturated carbocycles. The molecular weight excluding hydrogens is 232 g/mol. The van der Waals surface area contributed by atoms with Crippen molar-refractivity contribution in [3.05, 3.63) is 29.3 Å². The SMILES string of the molecule is CCCCC1C(=O)OC(=O)c2c(OC)cccc21. The summed E-state index contributed by atoms with van der Waals surface area (Å²) in [5.41, 5.74) is 1.12. The molecule has 0 radical (unpaired) electrons. The van der Waals surface area contributed by atoms with Crippen molar-refractivity contribution in [2.24, 2.45) is 0 Å². The lowest BCUT2D eigenvalue weighted by molar-refractivity contribution is -0.140. The Balaban J connectivity index is 2.45. The number of hydrogen-bond donors (Lipinski definition) is 0. The summed E-state index contributed by atoms with van der Waals surface area (Å²) in [6.07, 6.45) is 2.62. The average Bonchev–Trinajstić information content (AvgIpc) is 2.37. The maximum absolute atomic E-state index is 11.8. The van der Waals surface area contributed by atoms with Gasteiger partial charge in [0.05, 0.1) is 13.0 Å². The lowest BCUT2D eigenvalue weighted by Crippen LogP contribution is -2.28. The molecular formula is C14H16O4. The number of esters is 2. The second-order valence-electron chi connectivity index (χ2n) is 4.33. The van der Waals surface area contributed by atoms with Crippen LogP contribution in [0.4, 0.5) is 0 Å². The van der Waals surface area contributed by atoms with E-state index in [4.69, 9.17) is 9.47 Å². The molecule has 0 bridgehead atoms. The first kappa shape index (κ1) is 12.6. The Bertz CT molecular complexity index is 479. The molecule has 96 valence electrons. The topological polar surface area (TPSA) is 52.6 Å². The Morgan fingerprint density at radius 3 is 2.78 bits per heavy atom. The van der Waals surface area contributed by atoms with Gasteiger partial charge in [-0.05, 0) is 18.1 Å². The number of fused-ring (bicyclic) bond motifs is 1. The summed E-state index contributed by atoms with van der Waals surface area (Å²) in [5, 5.41) is 0. The molecule has 18 heavy (non-hydrogen) atoms. The molecule has 1 atom stereocenters. The number of carbonyl (C=O) groups is 2. The van der Waals surface area contributed by atoms with Crippen molar-refractivity contribution in [1.82, 2.24) is 0 Å². The van der Waals surface area contributed by atoms with Gasteiger partial charge in [-0.3, -0.25) is 4.79 Å². The zero-order valence-electron chi connectivity index (χ0n) is 10.6. The van der Waals surface area contributed by atoms with Crippen LogP contribution in [-0.4, -0.2) is 19.0 Å². The van der Waals surface area contributed by atoms with Crippen molar-refractivity contribution in [2.45, 2.75) is 32.1 Å². The van der Waals surface area contributed by atoms with Crippen LogP contribution in [0.15, 0.2) is 18.2 Å². The number of carbonyl (C=O) groups excluding carboxylic acids is 2. The lowest BCUT2D eigenvalue weighted by Gasteiger charge is -2.24. The van der Waals surface area contributed by atoms with Crippen LogP contribution < -0.4 is 4.74 Å². The summed E-state index contributed by atoms with van der Waals surface area (Å²) in [6.45, 7) is 2.06. The Kier molecular flexibility index (Phi) is 3.65. The van der Waals surface area contributed by atoms with Gasteiger partial charge in [-0.25, -0.2) is 4.79 Å². The van der Waals surface area contributed by atoms with Gasteiger partial charge < -0.3 is 9.47 Å². The minimum Gasteiger partial charge on any atom is -0.496 e. The van der Waals surface area contributed by atoms with E-state index in [2.05, 4.69) is 6.92 Å². The van der Waals surface area contributed by atoms with Gasteiger partial charge in [0.1, 0.15) is 11.3 Å². The number of rotatable bonds is 4. The van der Waals surface area contributed by atoms with E-state index in [9.17, 15) is 9.59 Å². The van der Waals surface area contributed by atoms with E-state index in [0.717, 1.165) is 18.4 Å². The molecule has 1 aliphatic rings. The minimum absolute atomic E-state index is 0.354. The Labute approximate surface area is 106 Å². The quantitative estimate of drug-likeness (QED) is 0.607. The molecule has 0 aromatic heterocycles. The smallest absolute Gasteiger partial charge is 0.349 e. The molecule has 0 amide bonds. The van der Waals surface area contributed by atoms with Gasteiger partial charge in [0.2, 0.25) is 0 Å². The van der Waals surface area contributed by atoms with E-state index in [-0.39, 0.29) is 5.92 Å². The number of cyclic esters (lactones) is 2. The highest BCUT2D eigenvalue weighted by molar-refractivity contribution is 6.06. The second-order valence-corrected chi connectivity index (χ2v) is 4.33. The minimum atomic E-state index is -0.611. The zero-order valence-corrected chi connectivity index (χ0v) is 10.6. The second kappa shape index (κ2) is 5.21. The van der Waals surface area contributed by atoms with Crippen LogP contribution in [0, 0.1) is 0 Å². The van der Waals surface area contributed by atoms with E-state index in [1.807, 2.05) is 0 Å². The van der Waals surface area contributed by atoms with Crippen LogP contribution >= 0.6 is 0 Å². The van der Waals surface area contributed by atoms with E-state index in [0.29, 0.717) is 17.7 Å². The van der Waals surface area contributed by atoms with Crippen LogP contribution in [-0.2, 0) is 9.53 Å². The molecule has 1 heterocycles. The first-order valence-electron chi connectivity index (χ1n) is 6.12. The van der Waals surface area contributed by atoms with Gasteiger partial charge in [0, 0.05) is 0 Å². The largest absolute Gasteiger partial charge is 0.496 e. The zero-order chi connectivity index (χ0) is 13.1. The summed E-state index contributed by atoms with van der Waals surface area (Å²) >= 11 is 0. The highest BCUT2D eigenvalue weighted by Gasteiger charge is 2.36. The molecule has 1 aliphatic heterocycles. The molecule has 1 unspecified atom stereocenters. The first-order chi connectivity index (χ1) is 8.69. The van der Waals surface area contributed by atoms with Gasteiger partial charge in [0.15, 0.2) is 0 Å². The number of unbranched alkanes of at least 4 members (excludes halogenated alkanes) is 1. The van der Waals surface area contributed by atoms with Gasteiger partial charge in [0.25, 0.3) is 0 Å². The highest BCUT2D eigenvalue weighted by atomic mass is 16.6. The van der Waals surface area contributed by atoms with Crippen molar-refractivity contribution in [2.75, 3.05) is 7.11 Å². The van der Waals surface area contributed by atoms with E-state index in [1.54, 1.807) is 18.2 Å². The standard InChI is InChI=1S/C14H16O4/c1-3-4-6-10-9-7-5-8-11(17-2)12(9)14(16)18-13(10)15/h5,7-8,10H,3-4,6H2,1-2H3. The van der Waals surface area contributed by atoms with Crippen molar-refractivity contribution < 1.29 is 19.1 Å². The Hall–Kier alpha value is -1.84. The Morgan fingerprint density at radius 2 is 2.11 bits per heavy atom. The number of ether oxygens (including phenoxy) is 2. The van der Waals surface area contributed by atoms with Gasteiger partial charge in [-0.1, -0.05) is 31.9 Å². The summed E-state index contributed by atoms with van der Waals surface area (Å²) in [7, 11) is 1.50. The van der Waals surface area contributed by atoms with Crippen LogP contribution in [0.5, 0.6) is 5.75 Å². The number of hydrogen-bond acceptors (Lipinski definition) is 4. The van der Waals surface area contributed by atoms with Crippen molar-refractivity contribution >= 4 is 11.9 Å². The molecule has 0 fully saturated rings. The predicted molar refractivity (Wildman–Crippen MR) is 65.7 cm³/mol. The molecule has 2 rings (SSSR count). The summed E-state index contributed by atoms with van der Waals surface area (Å²) < 4.78 is 9.97. The lowest BCUT2D eigenvalue weighted by atomic mass is 9.88. The van der Waals surface area contributed by atoms with E-state index < -0.39 is 11.9 Å². The van der Waals surface area contributed by atoms with Crippen molar-refractivity contribution in [1.29, 1.82) is 0 Å². The normalized spacial score (nSPS) is 18.2. The number of methoxy groups -OCH3 is 1. The van der Waals surface area contributed by atoms with Crippen LogP contribution in [0.2, 0.25) is 0 Å². The molecule has 4 heteroatoms. The van der Waals surface area contributed by atoms with E-state index in [1.165, 1.54) is 7.11 Å². The summed E-state index contributed by atoms with van der Waals surface area (Å²) in [6, 6.07) is 5.30. The number of benzene rings is 1. The predicted octanol–water partition coefficient (Wildman–Crippen LogP) is 2.67. The third-order valence-electron chi connectivity index (χ3n) is 3.18. The fourth-order valence-corrected chi connectivity index (χ4v) is 2.25. The van der Waals surface area contributed by atoms with Crippen molar-refractivity contribution in [3.63, 3.8) is 0 Å². The maximum atomic E-state index is 11.8. The fourth-order valence-electron chi connectivity index (χ4n) is 2.25. The molecule has 1 aromatic carbocycles. The molecule has 0 spiro atoms. The summed E-state index contributed by atoms with van der Waals surface area (Å²) in [4.78, 5) is 23.6. The van der Waals surface area contributed by atoms with Crippen molar-refractivity contribution in [3.8, 4) is 5.75 Å². The van der Waals surface area contributed by atoms with Crippen LogP contribution in [0.1, 0.15) is 48.0 Å². The van der Waals surface area contributed by atoms with Gasteiger partial charge >= 0.3 is 11.9 Å². The van der Waals surface area contributed by atoms with Crippen LogP contribution in [0.25, 0.3) is 0 Å². The van der Waals surface area contributed by atoms with Gasteiger partial charge in [-0.2, -0.15) is 0 Å². The van der Waals surface area contributed by atoms with Crippen LogP contribution in [0.3, 0.4) is 0 Å². The van der Waals surface area contributed by atoms with Gasteiger partial charge in [-0.15, -0.1) is 0 Å². The molecule has 0 saturated heterocycles. The average molecular weight is 248 g/mol. The third kappa shape index (κ3) is 2.10. The third-order valence-corrected chi connectivity index (χ3v) is 3.18. The maximum Gasteiger partial charge on any atom is 0.349 e. The molecule has 4 nitrogen and oxygen atoms in total.